The lowest BCUT2D eigenvalue weighted by molar-refractivity contribution is -0.384. The molecule has 10 nitrogen and oxygen atoms in total. The van der Waals surface area contributed by atoms with Crippen molar-refractivity contribution in [2.75, 3.05) is 20.8 Å². The minimum absolute atomic E-state index is 0.0901. The number of H-pyrrole nitrogens is 1. The largest absolute Gasteiger partial charge is 0.496 e. The Hall–Kier alpha value is -3.66. The van der Waals surface area contributed by atoms with Gasteiger partial charge in [0.25, 0.3) is 5.69 Å². The van der Waals surface area contributed by atoms with Crippen LogP contribution in [0, 0.1) is 10.1 Å². The number of benzene rings is 2. The van der Waals surface area contributed by atoms with Crippen molar-refractivity contribution in [2.24, 2.45) is 5.73 Å². The fourth-order valence-electron chi connectivity index (χ4n) is 2.83. The molecule has 3 N–H and O–H groups in total. The highest BCUT2D eigenvalue weighted by Gasteiger charge is 2.20. The van der Waals surface area contributed by atoms with Crippen molar-refractivity contribution < 1.29 is 19.1 Å². The van der Waals surface area contributed by atoms with E-state index in [-0.39, 0.29) is 11.5 Å². The number of hydrogen-bond acceptors (Lipinski definition) is 8. The Kier molecular flexibility index (Phi) is 5.93. The summed E-state index contributed by atoms with van der Waals surface area (Å²) in [5, 5.41) is 18.0. The van der Waals surface area contributed by atoms with E-state index in [9.17, 15) is 10.1 Å². The van der Waals surface area contributed by atoms with Gasteiger partial charge in [-0.3, -0.25) is 15.2 Å². The Bertz CT molecular complexity index is 1020. The first kappa shape index (κ1) is 20.1. The summed E-state index contributed by atoms with van der Waals surface area (Å²) in [7, 11) is 3.02. The number of nitrogens with two attached hydrogens (primary N) is 1. The number of ether oxygens (including phenoxy) is 3. The molecule has 0 amide bonds. The van der Waals surface area contributed by atoms with Crippen molar-refractivity contribution in [2.45, 2.75) is 13.0 Å². The smallest absolute Gasteiger partial charge is 0.270 e. The van der Waals surface area contributed by atoms with Crippen LogP contribution in [0.4, 0.5) is 5.69 Å². The number of methoxy groups -OCH3 is 2. The van der Waals surface area contributed by atoms with Crippen LogP contribution in [0.5, 0.6) is 17.2 Å². The normalized spacial score (nSPS) is 11.7. The maximum atomic E-state index is 11.1. The summed E-state index contributed by atoms with van der Waals surface area (Å²) in [6.07, 6.45) is 0. The second-order valence-corrected chi connectivity index (χ2v) is 6.01. The molecule has 0 aliphatic rings. The zero-order chi connectivity index (χ0) is 21.0. The molecule has 0 bridgehead atoms. The average molecular weight is 399 g/mol. The third-order valence-electron chi connectivity index (χ3n) is 4.28. The average Bonchev–Trinajstić information content (AvgIpc) is 3.23. The third kappa shape index (κ3) is 4.11. The van der Waals surface area contributed by atoms with E-state index in [0.29, 0.717) is 35.2 Å². The minimum Gasteiger partial charge on any atom is -0.496 e. The molecule has 1 atom stereocenters. The topological polar surface area (TPSA) is 138 Å². The van der Waals surface area contributed by atoms with Gasteiger partial charge in [-0.2, -0.15) is 5.10 Å². The molecule has 0 aliphatic heterocycles. The van der Waals surface area contributed by atoms with E-state index in [1.807, 2.05) is 13.0 Å². The molecule has 2 aromatic carbocycles. The van der Waals surface area contributed by atoms with Crippen molar-refractivity contribution >= 4 is 5.69 Å². The molecule has 0 aliphatic carbocycles. The predicted molar refractivity (Wildman–Crippen MR) is 105 cm³/mol. The van der Waals surface area contributed by atoms with Gasteiger partial charge in [0.05, 0.1) is 37.4 Å². The fraction of sp³-hybridized carbons (Fsp3) is 0.263. The molecule has 1 aromatic heterocycles. The molecule has 1 heterocycles. The van der Waals surface area contributed by atoms with Crippen LogP contribution in [0.3, 0.4) is 0 Å². The van der Waals surface area contributed by atoms with Gasteiger partial charge >= 0.3 is 0 Å². The molecule has 0 radical (unpaired) electrons. The van der Waals surface area contributed by atoms with Crippen LogP contribution in [-0.4, -0.2) is 40.9 Å². The summed E-state index contributed by atoms with van der Waals surface area (Å²) in [5.41, 5.74) is 7.37. The van der Waals surface area contributed by atoms with Crippen molar-refractivity contribution in [3.05, 3.63) is 57.9 Å². The van der Waals surface area contributed by atoms with Crippen LogP contribution < -0.4 is 19.9 Å². The van der Waals surface area contributed by atoms with Crippen LogP contribution in [0.2, 0.25) is 0 Å². The first-order chi connectivity index (χ1) is 14.0. The maximum Gasteiger partial charge on any atom is 0.270 e. The number of nitrogens with zero attached hydrogens (tertiary/aromatic N) is 3. The Morgan fingerprint density at radius 2 is 1.86 bits per heavy atom. The number of rotatable bonds is 8. The van der Waals surface area contributed by atoms with Crippen LogP contribution in [-0.2, 0) is 0 Å². The summed E-state index contributed by atoms with van der Waals surface area (Å²) in [6, 6.07) is 8.95. The molecule has 0 spiro atoms. The summed E-state index contributed by atoms with van der Waals surface area (Å²) < 4.78 is 16.2. The number of aromatic nitrogens is 3. The first-order valence-corrected chi connectivity index (χ1v) is 8.79. The second-order valence-electron chi connectivity index (χ2n) is 6.01. The molecule has 3 aromatic rings. The van der Waals surface area contributed by atoms with Gasteiger partial charge in [-0.05, 0) is 30.7 Å². The van der Waals surface area contributed by atoms with Gasteiger partial charge in [-0.1, -0.05) is 6.07 Å². The molecular formula is C19H21N5O5. The van der Waals surface area contributed by atoms with E-state index in [4.69, 9.17) is 19.9 Å². The predicted octanol–water partition coefficient (Wildman–Crippen LogP) is 2.84. The first-order valence-electron chi connectivity index (χ1n) is 8.79. The molecule has 3 rings (SSSR count). The number of hydrogen-bond donors (Lipinski definition) is 2. The summed E-state index contributed by atoms with van der Waals surface area (Å²) in [6.45, 7) is 2.40. The molecule has 0 fully saturated rings. The van der Waals surface area contributed by atoms with E-state index in [1.54, 1.807) is 19.2 Å². The van der Waals surface area contributed by atoms with Crippen LogP contribution >= 0.6 is 0 Å². The number of non-ortho nitro benzene ring substituents is 1. The van der Waals surface area contributed by atoms with Crippen molar-refractivity contribution in [1.29, 1.82) is 0 Å². The lowest BCUT2D eigenvalue weighted by atomic mass is 10.1. The molecule has 152 valence electrons. The quantitative estimate of drug-likeness (QED) is 0.435. The minimum atomic E-state index is -0.620. The Balaban J connectivity index is 1.94. The highest BCUT2D eigenvalue weighted by molar-refractivity contribution is 5.67. The van der Waals surface area contributed by atoms with E-state index in [1.165, 1.54) is 25.3 Å². The Morgan fingerprint density at radius 1 is 1.14 bits per heavy atom. The zero-order valence-corrected chi connectivity index (χ0v) is 16.2. The van der Waals surface area contributed by atoms with Gasteiger partial charge < -0.3 is 19.9 Å². The van der Waals surface area contributed by atoms with Gasteiger partial charge in [-0.15, -0.1) is 0 Å². The fourth-order valence-corrected chi connectivity index (χ4v) is 2.83. The zero-order valence-electron chi connectivity index (χ0n) is 16.2. The van der Waals surface area contributed by atoms with E-state index < -0.39 is 11.0 Å². The number of nitro benzene ring substituents is 1. The summed E-state index contributed by atoms with van der Waals surface area (Å²) in [5.74, 6) is 2.22. The molecular weight excluding hydrogens is 378 g/mol. The lowest BCUT2D eigenvalue weighted by Crippen LogP contribution is -2.14. The van der Waals surface area contributed by atoms with Gasteiger partial charge in [0, 0.05) is 12.1 Å². The number of nitro groups is 1. The molecule has 0 saturated carbocycles. The van der Waals surface area contributed by atoms with E-state index in [0.717, 1.165) is 5.56 Å². The van der Waals surface area contributed by atoms with Gasteiger partial charge in [-0.25, -0.2) is 4.98 Å². The van der Waals surface area contributed by atoms with Crippen molar-refractivity contribution in [3.63, 3.8) is 0 Å². The highest BCUT2D eigenvalue weighted by atomic mass is 16.6. The molecule has 0 saturated heterocycles. The van der Waals surface area contributed by atoms with Crippen molar-refractivity contribution in [1.82, 2.24) is 15.2 Å². The highest BCUT2D eigenvalue weighted by Crippen LogP contribution is 2.33. The van der Waals surface area contributed by atoms with E-state index in [2.05, 4.69) is 15.2 Å². The maximum absolute atomic E-state index is 11.1. The lowest BCUT2D eigenvalue weighted by Gasteiger charge is -2.13. The molecule has 0 unspecified atom stereocenters. The van der Waals surface area contributed by atoms with Crippen LogP contribution in [0.25, 0.3) is 11.4 Å². The number of aromatic amines is 1. The Labute approximate surface area is 166 Å². The molecule has 10 heteroatoms. The van der Waals surface area contributed by atoms with Crippen molar-refractivity contribution in [3.8, 4) is 28.6 Å². The number of nitrogens with one attached hydrogen (secondary N) is 1. The SMILES string of the molecule is CCOc1ccc([C@@H](N)c2nc(-c3cc([N+](=O)[O-])ccc3OC)n[nH]2)cc1OC. The van der Waals surface area contributed by atoms with Crippen LogP contribution in [0.15, 0.2) is 36.4 Å². The summed E-state index contributed by atoms with van der Waals surface area (Å²) >= 11 is 0. The van der Waals surface area contributed by atoms with Gasteiger partial charge in [0.15, 0.2) is 17.3 Å². The van der Waals surface area contributed by atoms with Gasteiger partial charge in [0.2, 0.25) is 0 Å². The monoisotopic (exact) mass is 399 g/mol. The van der Waals surface area contributed by atoms with E-state index >= 15 is 0 Å². The Morgan fingerprint density at radius 3 is 2.52 bits per heavy atom. The summed E-state index contributed by atoms with van der Waals surface area (Å²) in [4.78, 5) is 15.0. The molecule has 29 heavy (non-hydrogen) atoms. The standard InChI is InChI=1S/C19H21N5O5/c1-4-29-15-7-5-11(9-16(15)28-3)17(20)19-21-18(22-23-19)13-10-12(24(25)26)6-8-14(13)27-2/h5-10,17H,4,20H2,1-3H3,(H,21,22,23)/t17-/m1/s1. The van der Waals surface area contributed by atoms with Gasteiger partial charge in [0.1, 0.15) is 11.6 Å². The van der Waals surface area contributed by atoms with Crippen LogP contribution in [0.1, 0.15) is 24.4 Å². The third-order valence-corrected chi connectivity index (χ3v) is 4.28. The second kappa shape index (κ2) is 8.57.